The second-order valence-electron chi connectivity index (χ2n) is 19.8. The van der Waals surface area contributed by atoms with Gasteiger partial charge in [-0.3, -0.25) is 24.1 Å². The maximum absolute atomic E-state index is 15.7. The molecule has 4 aromatic carbocycles. The van der Waals surface area contributed by atoms with E-state index in [2.05, 4.69) is 36.8 Å². The zero-order valence-corrected chi connectivity index (χ0v) is 44.3. The number of carbonyl (C=O) groups is 4. The van der Waals surface area contributed by atoms with Crippen LogP contribution in [0.15, 0.2) is 97.2 Å². The first-order valence-electron chi connectivity index (χ1n) is 25.1. The van der Waals surface area contributed by atoms with Crippen LogP contribution in [0.2, 0.25) is 10.0 Å². The average Bonchev–Trinajstić information content (AvgIpc) is 3.98. The second-order valence-corrected chi connectivity index (χ2v) is 20.7. The summed E-state index contributed by atoms with van der Waals surface area (Å²) in [4.78, 5) is 75.0. The summed E-state index contributed by atoms with van der Waals surface area (Å²) < 4.78 is 20.0. The van der Waals surface area contributed by atoms with E-state index in [0.29, 0.717) is 79.3 Å². The van der Waals surface area contributed by atoms with E-state index in [0.717, 1.165) is 40.2 Å². The van der Waals surface area contributed by atoms with Crippen molar-refractivity contribution in [3.8, 4) is 22.8 Å². The summed E-state index contributed by atoms with van der Waals surface area (Å²) in [6, 6.07) is 25.7. The summed E-state index contributed by atoms with van der Waals surface area (Å²) in [5, 5.41) is 4.06. The fourth-order valence-corrected chi connectivity index (χ4v) is 10.8. The number of aromatic nitrogens is 2. The molecular weight excluding hydrogens is 968 g/mol. The molecule has 4 amide bonds. The van der Waals surface area contributed by atoms with Gasteiger partial charge in [-0.25, -0.2) is 4.98 Å². The highest BCUT2D eigenvalue weighted by molar-refractivity contribution is 6.31. The number of hydrogen-bond donors (Lipinski definition) is 1. The Morgan fingerprint density at radius 3 is 2.32 bits per heavy atom. The Morgan fingerprint density at radius 2 is 1.59 bits per heavy atom. The number of carbonyl (C=O) groups excluding carboxylic acids is 4. The molecule has 15 nitrogen and oxygen atoms in total. The van der Waals surface area contributed by atoms with E-state index in [4.69, 9.17) is 37.4 Å². The number of hydrogen-bond acceptors (Lipinski definition) is 10. The number of amides is 4. The zero-order chi connectivity index (χ0) is 51.8. The smallest absolute Gasteiger partial charge is 0.247 e. The Balaban J connectivity index is 1.19. The number of nitrogens with one attached hydrogen (secondary N) is 1. The van der Waals surface area contributed by atoms with Gasteiger partial charge in [-0.05, 0) is 111 Å². The zero-order valence-electron chi connectivity index (χ0n) is 42.8. The predicted octanol–water partition coefficient (Wildman–Crippen LogP) is 7.08. The first-order valence-corrected chi connectivity index (χ1v) is 25.9. The number of methoxy groups -OCH3 is 1. The number of likely N-dealkylation sites (N-methyl/N-ethyl adjacent to an activating group) is 2. The van der Waals surface area contributed by atoms with E-state index in [-0.39, 0.29) is 50.3 Å². The lowest BCUT2D eigenvalue weighted by molar-refractivity contribution is -0.149. The Labute approximate surface area is 439 Å². The summed E-state index contributed by atoms with van der Waals surface area (Å²) in [7, 11) is 10.9. The van der Waals surface area contributed by atoms with E-state index in [1.54, 1.807) is 59.1 Å². The molecule has 1 N–H and O–H groups in total. The minimum Gasteiger partial charge on any atom is -0.457 e. The molecule has 5 atom stereocenters. The van der Waals surface area contributed by atoms with Crippen molar-refractivity contribution in [1.29, 1.82) is 0 Å². The quantitative estimate of drug-likeness (QED) is 0.116. The van der Waals surface area contributed by atoms with Crippen molar-refractivity contribution in [3.05, 3.63) is 135 Å². The number of morpholine rings is 1. The molecule has 2 fully saturated rings. The molecule has 0 radical (unpaired) electrons. The molecule has 3 aliphatic rings. The third kappa shape index (κ3) is 13.1. The average molecular weight is 1040 g/mol. The number of benzene rings is 4. The molecular formula is C56H68Cl2N8O7. The summed E-state index contributed by atoms with van der Waals surface area (Å²) in [5.74, 6) is -0.693. The molecule has 0 bridgehead atoms. The van der Waals surface area contributed by atoms with E-state index in [1.165, 1.54) is 7.11 Å². The number of ether oxygens (including phenoxy) is 3. The minimum absolute atomic E-state index is 0.0712. The number of aryl methyl sites for hydroxylation is 1. The van der Waals surface area contributed by atoms with Gasteiger partial charge in [0.2, 0.25) is 23.6 Å². The van der Waals surface area contributed by atoms with Crippen molar-refractivity contribution in [2.45, 2.75) is 69.2 Å². The van der Waals surface area contributed by atoms with Crippen LogP contribution in [0.3, 0.4) is 0 Å². The molecule has 5 aromatic rings. The highest BCUT2D eigenvalue weighted by Crippen LogP contribution is 2.41. The summed E-state index contributed by atoms with van der Waals surface area (Å²) in [6.45, 7) is 3.51. The Kier molecular flexibility index (Phi) is 17.9. The van der Waals surface area contributed by atoms with Crippen LogP contribution in [0, 0.1) is 5.92 Å². The molecule has 17 heteroatoms. The van der Waals surface area contributed by atoms with E-state index in [1.807, 2.05) is 75.9 Å². The topological polar surface area (TPSA) is 142 Å². The third-order valence-electron chi connectivity index (χ3n) is 14.6. The van der Waals surface area contributed by atoms with Crippen LogP contribution in [0.1, 0.15) is 53.3 Å². The molecule has 388 valence electrons. The number of halogens is 2. The number of rotatable bonds is 15. The van der Waals surface area contributed by atoms with Crippen molar-refractivity contribution in [2.75, 3.05) is 81.3 Å². The predicted molar refractivity (Wildman–Crippen MR) is 283 cm³/mol. The minimum atomic E-state index is -1.12. The molecule has 1 aromatic heterocycles. The number of nitrogens with zero attached hydrogens (tertiary/aromatic N) is 7. The Morgan fingerprint density at radius 1 is 0.863 bits per heavy atom. The fourth-order valence-electron chi connectivity index (χ4n) is 10.5. The van der Waals surface area contributed by atoms with Crippen LogP contribution in [-0.2, 0) is 61.6 Å². The molecule has 0 saturated carbocycles. The van der Waals surface area contributed by atoms with Gasteiger partial charge in [0.1, 0.15) is 29.4 Å². The number of fused-ring (bicyclic) bond motifs is 1. The van der Waals surface area contributed by atoms with Crippen molar-refractivity contribution >= 4 is 46.8 Å². The van der Waals surface area contributed by atoms with Gasteiger partial charge in [-0.2, -0.15) is 0 Å². The SMILES string of the molecule is COC[C@@H]1NC(=O)[C@H](CCN2CCOCC2)N(Cc2ccc(Cl)cc2Oc2ccc(-c3cnc(CN(C)C)n3C)cc2)C(=O)C[C@@H]([C@H]2CCc3ccccc32)C(=O)N(C)C[C@@H](Cc2ccc(Cl)cc2)N(C)C1=O. The lowest BCUT2D eigenvalue weighted by Gasteiger charge is -2.39. The van der Waals surface area contributed by atoms with E-state index in [9.17, 15) is 4.79 Å². The molecule has 73 heavy (non-hydrogen) atoms. The summed E-state index contributed by atoms with van der Waals surface area (Å²) in [6.07, 6.45) is 3.75. The Hall–Kier alpha value is -5.81. The van der Waals surface area contributed by atoms with Gasteiger partial charge in [0.15, 0.2) is 0 Å². The van der Waals surface area contributed by atoms with Crippen LogP contribution < -0.4 is 10.1 Å². The van der Waals surface area contributed by atoms with Crippen molar-refractivity contribution in [1.82, 2.24) is 39.4 Å². The lowest BCUT2D eigenvalue weighted by atomic mass is 9.83. The van der Waals surface area contributed by atoms with Gasteiger partial charge >= 0.3 is 0 Å². The van der Waals surface area contributed by atoms with Crippen LogP contribution in [-0.4, -0.2) is 157 Å². The van der Waals surface area contributed by atoms with Crippen molar-refractivity contribution < 1.29 is 33.4 Å². The van der Waals surface area contributed by atoms with Crippen LogP contribution in [0.25, 0.3) is 11.3 Å². The largest absolute Gasteiger partial charge is 0.457 e. The summed E-state index contributed by atoms with van der Waals surface area (Å²) in [5.41, 5.74) is 5.61. The van der Waals surface area contributed by atoms with E-state index >= 15 is 14.4 Å². The fraction of sp³-hybridized carbons (Fsp3) is 0.446. The van der Waals surface area contributed by atoms with E-state index < -0.39 is 35.9 Å². The van der Waals surface area contributed by atoms with Crippen LogP contribution >= 0.6 is 23.2 Å². The molecule has 0 spiro atoms. The van der Waals surface area contributed by atoms with Gasteiger partial charge < -0.3 is 43.7 Å². The van der Waals surface area contributed by atoms with Gasteiger partial charge in [0, 0.05) is 82.0 Å². The van der Waals surface area contributed by atoms with Crippen molar-refractivity contribution in [2.24, 2.45) is 13.0 Å². The normalized spacial score (nSPS) is 21.7. The maximum atomic E-state index is 15.7. The standard InChI is InChI=1S/C56H68Cl2N8O7/c1-61(2)35-52-59-32-50(64(52)5)39-14-20-44(21-15-39)73-51-30-42(58)19-13-40(51)33-66-49(23-24-65-25-27-72-28-26-65)54(68)60-48(36-71-6)56(70)63(4)43(29-37-11-17-41(57)18-12-37)34-62(3)55(69)47(31-53(66)67)46-22-16-38-9-7-8-10-45(38)46/h7-15,17-21,30,32,43,46-49H,16,22-29,31,33-36H2,1-6H3,(H,60,68)/t43-,46+,47+,48+,49+/m1/s1. The molecule has 8 rings (SSSR count). The molecule has 3 heterocycles. The number of imidazole rings is 1. The van der Waals surface area contributed by atoms with Gasteiger partial charge in [0.25, 0.3) is 0 Å². The first-order chi connectivity index (χ1) is 35.2. The van der Waals surface area contributed by atoms with Crippen LogP contribution in [0.5, 0.6) is 11.5 Å². The lowest BCUT2D eigenvalue weighted by Crippen LogP contribution is -2.59. The Bertz CT molecular complexity index is 2710. The maximum Gasteiger partial charge on any atom is 0.247 e. The molecule has 2 aliphatic heterocycles. The monoisotopic (exact) mass is 1030 g/mol. The van der Waals surface area contributed by atoms with Gasteiger partial charge in [-0.1, -0.05) is 65.7 Å². The highest BCUT2D eigenvalue weighted by Gasteiger charge is 2.42. The summed E-state index contributed by atoms with van der Waals surface area (Å²) >= 11 is 13.0. The first kappa shape index (κ1) is 53.5. The molecule has 0 unspecified atom stereocenters. The van der Waals surface area contributed by atoms with Gasteiger partial charge in [-0.15, -0.1) is 0 Å². The second kappa shape index (κ2) is 24.5. The van der Waals surface area contributed by atoms with Crippen molar-refractivity contribution in [3.63, 3.8) is 0 Å². The third-order valence-corrected chi connectivity index (χ3v) is 15.1. The van der Waals surface area contributed by atoms with Gasteiger partial charge in [0.05, 0.1) is 56.8 Å². The van der Waals surface area contributed by atoms with Crippen LogP contribution in [0.4, 0.5) is 0 Å². The molecule has 2 saturated heterocycles. The molecule has 1 aliphatic carbocycles. The highest BCUT2D eigenvalue weighted by atomic mass is 35.5.